The maximum Gasteiger partial charge on any atom is 0.123 e. The maximum absolute atomic E-state index is 3.99. The van der Waals surface area contributed by atoms with Gasteiger partial charge in [-0.25, -0.2) is 0 Å². The van der Waals surface area contributed by atoms with Crippen molar-refractivity contribution in [1.29, 1.82) is 0 Å². The molecule has 3 heterocycles. The molecule has 49 heavy (non-hydrogen) atoms. The van der Waals surface area contributed by atoms with Crippen molar-refractivity contribution in [2.75, 3.05) is 10.2 Å². The summed E-state index contributed by atoms with van der Waals surface area (Å²) >= 11 is 1.85. The summed E-state index contributed by atoms with van der Waals surface area (Å²) in [7, 11) is 0. The molecule has 9 aromatic rings. The summed E-state index contributed by atoms with van der Waals surface area (Å²) in [5.74, 6) is 0. The Morgan fingerprint density at radius 1 is 0.531 bits per heavy atom. The largest absolute Gasteiger partial charge is 0.360 e. The number of fused-ring (bicyclic) bond motifs is 7. The normalized spacial score (nSPS) is 14.0. The van der Waals surface area contributed by atoms with Gasteiger partial charge in [0.05, 0.1) is 21.6 Å². The Kier molecular flexibility index (Phi) is 6.42. The van der Waals surface area contributed by atoms with Crippen molar-refractivity contribution in [2.24, 2.45) is 0 Å². The van der Waals surface area contributed by atoms with E-state index in [2.05, 4.69) is 191 Å². The number of para-hydroxylation sites is 2. The third-order valence-corrected chi connectivity index (χ3v) is 10.9. The minimum atomic E-state index is -0.105. The predicted octanol–water partition coefficient (Wildman–Crippen LogP) is 12.4. The molecule has 0 radical (unpaired) electrons. The standard InChI is InChI=1S/C45H31N3S/c1-3-11-30(12-4-1)31-19-21-35(22-20-31)47(44-26-25-42-45(46-44)39-27-32-13-7-8-14-33(32)28-43(39)49-42)36-23-24-38-37-17-9-10-18-40(37)48(41(38)29-36)34-15-5-2-6-16-34/h1-29,44,46H. The number of nitrogens with one attached hydrogen (secondary N) is 1. The summed E-state index contributed by atoms with van der Waals surface area (Å²) in [6.07, 6.45) is 4.50. The number of thiophene rings is 1. The first-order chi connectivity index (χ1) is 24.3. The van der Waals surface area contributed by atoms with Crippen LogP contribution in [0.1, 0.15) is 4.88 Å². The fourth-order valence-electron chi connectivity index (χ4n) is 7.47. The average Bonchev–Trinajstić information content (AvgIpc) is 3.69. The van der Waals surface area contributed by atoms with Gasteiger partial charge in [0.25, 0.3) is 0 Å². The second-order valence-electron chi connectivity index (χ2n) is 12.7. The number of nitrogens with zero attached hydrogens (tertiary/aromatic N) is 2. The predicted molar refractivity (Wildman–Crippen MR) is 211 cm³/mol. The van der Waals surface area contributed by atoms with Crippen molar-refractivity contribution in [3.05, 3.63) is 175 Å². The smallest absolute Gasteiger partial charge is 0.123 e. The monoisotopic (exact) mass is 645 g/mol. The zero-order chi connectivity index (χ0) is 32.3. The van der Waals surface area contributed by atoms with Gasteiger partial charge in [-0.3, -0.25) is 0 Å². The third-order valence-electron chi connectivity index (χ3n) is 9.79. The Morgan fingerprint density at radius 2 is 1.18 bits per heavy atom. The molecular formula is C45H31N3S. The SMILES string of the molecule is C1=CC(N(c2ccc(-c3ccccc3)cc2)c2ccc3c4ccccc4n(-c4ccccc4)c3c2)Nc2c1sc1cc3ccccc3cc21. The van der Waals surface area contributed by atoms with E-state index in [9.17, 15) is 0 Å². The van der Waals surface area contributed by atoms with E-state index in [1.54, 1.807) is 0 Å². The fourth-order valence-corrected chi connectivity index (χ4v) is 8.58. The van der Waals surface area contributed by atoms with E-state index in [0.29, 0.717) is 0 Å². The molecule has 1 unspecified atom stereocenters. The summed E-state index contributed by atoms with van der Waals surface area (Å²) in [4.78, 5) is 3.70. The van der Waals surface area contributed by atoms with E-state index >= 15 is 0 Å². The first-order valence-corrected chi connectivity index (χ1v) is 17.5. The van der Waals surface area contributed by atoms with Crippen molar-refractivity contribution in [3.8, 4) is 16.8 Å². The Balaban J connectivity index is 1.15. The van der Waals surface area contributed by atoms with Gasteiger partial charge in [0, 0.05) is 37.9 Å². The lowest BCUT2D eigenvalue weighted by molar-refractivity contribution is 0.880. The second kappa shape index (κ2) is 11.3. The maximum atomic E-state index is 3.99. The molecule has 1 aliphatic rings. The topological polar surface area (TPSA) is 20.2 Å². The molecule has 0 amide bonds. The van der Waals surface area contributed by atoms with Crippen molar-refractivity contribution < 1.29 is 0 Å². The van der Waals surface area contributed by atoms with Crippen LogP contribution in [0.25, 0.3) is 65.6 Å². The lowest BCUT2D eigenvalue weighted by Crippen LogP contribution is -2.37. The summed E-state index contributed by atoms with van der Waals surface area (Å²) in [6.45, 7) is 0. The average molecular weight is 646 g/mol. The summed E-state index contributed by atoms with van der Waals surface area (Å²) < 4.78 is 3.69. The highest BCUT2D eigenvalue weighted by atomic mass is 32.1. The van der Waals surface area contributed by atoms with Gasteiger partial charge in [-0.2, -0.15) is 0 Å². The van der Waals surface area contributed by atoms with E-state index < -0.39 is 0 Å². The minimum Gasteiger partial charge on any atom is -0.360 e. The quantitative estimate of drug-likeness (QED) is 0.201. The van der Waals surface area contributed by atoms with Gasteiger partial charge < -0.3 is 14.8 Å². The third kappa shape index (κ3) is 4.64. The number of aromatic nitrogens is 1. The molecule has 2 aromatic heterocycles. The minimum absolute atomic E-state index is 0.105. The zero-order valence-corrected chi connectivity index (χ0v) is 27.4. The van der Waals surface area contributed by atoms with Crippen LogP contribution in [-0.2, 0) is 0 Å². The summed E-state index contributed by atoms with van der Waals surface area (Å²) in [6, 6.07) is 59.2. The molecule has 4 heteroatoms. The summed E-state index contributed by atoms with van der Waals surface area (Å²) in [5.41, 5.74) is 9.40. The molecule has 0 saturated carbocycles. The lowest BCUT2D eigenvalue weighted by atomic mass is 10.0. The van der Waals surface area contributed by atoms with Crippen LogP contribution in [0, 0.1) is 0 Å². The molecule has 1 atom stereocenters. The van der Waals surface area contributed by atoms with Crippen LogP contribution in [0.5, 0.6) is 0 Å². The molecule has 10 rings (SSSR count). The molecule has 7 aromatic carbocycles. The van der Waals surface area contributed by atoms with Crippen LogP contribution >= 0.6 is 11.3 Å². The second-order valence-corrected chi connectivity index (χ2v) is 13.7. The Hall–Kier alpha value is -6.10. The van der Waals surface area contributed by atoms with Gasteiger partial charge in [0.15, 0.2) is 0 Å². The highest BCUT2D eigenvalue weighted by molar-refractivity contribution is 7.20. The number of rotatable bonds is 5. The molecule has 0 saturated heterocycles. The van der Waals surface area contributed by atoms with Crippen molar-refractivity contribution in [3.63, 3.8) is 0 Å². The van der Waals surface area contributed by atoms with E-state index in [0.717, 1.165) is 17.1 Å². The van der Waals surface area contributed by atoms with Crippen LogP contribution in [0.2, 0.25) is 0 Å². The highest BCUT2D eigenvalue weighted by Gasteiger charge is 2.26. The van der Waals surface area contributed by atoms with Crippen LogP contribution in [0.4, 0.5) is 17.1 Å². The van der Waals surface area contributed by atoms with Gasteiger partial charge in [-0.05, 0) is 88.6 Å². The fraction of sp³-hybridized carbons (Fsp3) is 0.0222. The molecule has 0 bridgehead atoms. The van der Waals surface area contributed by atoms with Crippen molar-refractivity contribution in [2.45, 2.75) is 6.17 Å². The molecular weight excluding hydrogens is 615 g/mol. The number of hydrogen-bond acceptors (Lipinski definition) is 3. The lowest BCUT2D eigenvalue weighted by Gasteiger charge is -2.35. The van der Waals surface area contributed by atoms with E-state index in [4.69, 9.17) is 0 Å². The van der Waals surface area contributed by atoms with Gasteiger partial charge in [-0.15, -0.1) is 11.3 Å². The van der Waals surface area contributed by atoms with E-state index in [1.165, 1.54) is 64.4 Å². The van der Waals surface area contributed by atoms with Crippen LogP contribution in [0.3, 0.4) is 0 Å². The van der Waals surface area contributed by atoms with E-state index in [1.807, 2.05) is 11.3 Å². The molecule has 0 spiro atoms. The van der Waals surface area contributed by atoms with Crippen LogP contribution < -0.4 is 10.2 Å². The Morgan fingerprint density at radius 3 is 2.00 bits per heavy atom. The number of benzene rings is 7. The molecule has 232 valence electrons. The van der Waals surface area contributed by atoms with Gasteiger partial charge in [0.1, 0.15) is 6.17 Å². The molecule has 1 N–H and O–H groups in total. The number of hydrogen-bond donors (Lipinski definition) is 1. The van der Waals surface area contributed by atoms with Crippen LogP contribution in [-0.4, -0.2) is 10.7 Å². The Bertz CT molecular complexity index is 2690. The molecule has 1 aliphatic heterocycles. The molecule has 0 aliphatic carbocycles. The van der Waals surface area contributed by atoms with Gasteiger partial charge >= 0.3 is 0 Å². The Labute approximate surface area is 288 Å². The first-order valence-electron chi connectivity index (χ1n) is 16.7. The van der Waals surface area contributed by atoms with Crippen molar-refractivity contribution >= 4 is 77.1 Å². The van der Waals surface area contributed by atoms with E-state index in [-0.39, 0.29) is 6.17 Å². The van der Waals surface area contributed by atoms with Gasteiger partial charge in [0.2, 0.25) is 0 Å². The van der Waals surface area contributed by atoms with Gasteiger partial charge in [-0.1, -0.05) is 109 Å². The number of anilines is 3. The molecule has 0 fully saturated rings. The van der Waals surface area contributed by atoms with Crippen LogP contribution in [0.15, 0.2) is 170 Å². The van der Waals surface area contributed by atoms with Crippen molar-refractivity contribution in [1.82, 2.24) is 4.57 Å². The summed E-state index contributed by atoms with van der Waals surface area (Å²) in [5, 5.41) is 10.3. The molecule has 3 nitrogen and oxygen atoms in total. The first kappa shape index (κ1) is 28.0. The highest BCUT2D eigenvalue weighted by Crippen LogP contribution is 2.44. The zero-order valence-electron chi connectivity index (χ0n) is 26.6.